The Bertz CT molecular complexity index is 183. The minimum atomic E-state index is -0.0114. The maximum atomic E-state index is 11.1. The van der Waals surface area contributed by atoms with Crippen molar-refractivity contribution >= 4 is 28.5 Å². The van der Waals surface area contributed by atoms with Gasteiger partial charge in [0.15, 0.2) is 0 Å². The van der Waals surface area contributed by atoms with Gasteiger partial charge in [0.25, 0.3) is 0 Å². The van der Waals surface area contributed by atoms with E-state index < -0.39 is 0 Å². The topological polar surface area (TPSA) is 26.3 Å². The normalized spacial score (nSPS) is 10.6. The van der Waals surface area contributed by atoms with Gasteiger partial charge >= 0.3 is 100 Å². The molecule has 0 N–H and O–H groups in total. The third-order valence-electron chi connectivity index (χ3n) is 3.09. The number of rotatable bonds is 13. The average Bonchev–Trinajstić information content (AvgIpc) is 2.36. The molecule has 0 aliphatic carbocycles. The molecule has 0 aromatic rings. The van der Waals surface area contributed by atoms with Crippen molar-refractivity contribution < 1.29 is 9.53 Å². The van der Waals surface area contributed by atoms with Crippen molar-refractivity contribution in [2.75, 3.05) is 6.61 Å². The third-order valence-corrected chi connectivity index (χ3v) is 3.80. The fourth-order valence-electron chi connectivity index (χ4n) is 1.95. The Morgan fingerprint density at radius 1 is 0.889 bits per heavy atom. The van der Waals surface area contributed by atoms with Crippen LogP contribution >= 0.6 is 0 Å². The monoisotopic (exact) mass is 361 g/mol. The van der Waals surface area contributed by atoms with Gasteiger partial charge in [-0.2, -0.15) is 0 Å². The summed E-state index contributed by atoms with van der Waals surface area (Å²) in [6.45, 7) is 2.89. The Morgan fingerprint density at radius 3 is 1.89 bits per heavy atom. The first-order valence-electron chi connectivity index (χ1n) is 7.61. The van der Waals surface area contributed by atoms with Crippen LogP contribution in [0.1, 0.15) is 77.6 Å². The molecule has 0 aliphatic heterocycles. The molecular formula is C15H29O2Sn+3. The zero-order valence-electron chi connectivity index (χ0n) is 12.0. The molecule has 0 aromatic heterocycles. The van der Waals surface area contributed by atoms with Crippen molar-refractivity contribution in [3.05, 3.63) is 0 Å². The molecule has 18 heavy (non-hydrogen) atoms. The number of hydrogen-bond acceptors (Lipinski definition) is 2. The van der Waals surface area contributed by atoms with Crippen molar-refractivity contribution in [3.63, 3.8) is 0 Å². The Hall–Kier alpha value is 0.269. The second-order valence-corrected chi connectivity index (χ2v) is 6.33. The maximum absolute atomic E-state index is 11.1. The molecule has 102 valence electrons. The molecule has 0 radical (unpaired) electrons. The zero-order chi connectivity index (χ0) is 13.5. The van der Waals surface area contributed by atoms with E-state index in [-0.39, 0.29) is 5.97 Å². The van der Waals surface area contributed by atoms with Crippen LogP contribution in [-0.2, 0) is 9.53 Å². The van der Waals surface area contributed by atoms with Gasteiger partial charge in [0, 0.05) is 0 Å². The summed E-state index contributed by atoms with van der Waals surface area (Å²) < 4.78 is 6.11. The van der Waals surface area contributed by atoms with Crippen molar-refractivity contribution in [2.45, 2.75) is 82.0 Å². The molecule has 0 rings (SSSR count). The first-order valence-corrected chi connectivity index (χ1v) is 9.63. The van der Waals surface area contributed by atoms with Gasteiger partial charge in [-0.25, -0.2) is 0 Å². The van der Waals surface area contributed by atoms with Crippen molar-refractivity contribution in [1.29, 1.82) is 0 Å². The molecule has 0 saturated carbocycles. The van der Waals surface area contributed by atoms with E-state index in [1.165, 1.54) is 80.3 Å². The summed E-state index contributed by atoms with van der Waals surface area (Å²) in [6, 6.07) is 0. The zero-order valence-corrected chi connectivity index (χ0v) is 14.9. The average molecular weight is 360 g/mol. The molecular weight excluding hydrogens is 331 g/mol. The fraction of sp³-hybridized carbons (Fsp3) is 0.933. The molecule has 0 amide bonds. The van der Waals surface area contributed by atoms with Crippen LogP contribution in [-0.4, -0.2) is 35.1 Å². The minimum absolute atomic E-state index is 0.0114. The predicted molar refractivity (Wildman–Crippen MR) is 78.0 cm³/mol. The van der Waals surface area contributed by atoms with E-state index >= 15 is 0 Å². The summed E-state index contributed by atoms with van der Waals surface area (Å²) >= 11 is 1.42. The first-order chi connectivity index (χ1) is 8.81. The number of carbonyl (C=O) groups is 1. The summed E-state index contributed by atoms with van der Waals surface area (Å²) in [5.41, 5.74) is 0. The van der Waals surface area contributed by atoms with Crippen molar-refractivity contribution in [3.8, 4) is 0 Å². The molecule has 0 atom stereocenters. The quantitative estimate of drug-likeness (QED) is 0.276. The van der Waals surface area contributed by atoms with E-state index in [1.54, 1.807) is 0 Å². The van der Waals surface area contributed by atoms with E-state index in [2.05, 4.69) is 6.92 Å². The van der Waals surface area contributed by atoms with Crippen LogP contribution in [0.15, 0.2) is 0 Å². The molecule has 0 bridgehead atoms. The molecule has 0 aromatic carbocycles. The Labute approximate surface area is 126 Å². The number of hydrogen-bond donors (Lipinski definition) is 0. The van der Waals surface area contributed by atoms with E-state index in [0.29, 0.717) is 13.0 Å². The van der Waals surface area contributed by atoms with Gasteiger partial charge in [0.1, 0.15) is 0 Å². The second kappa shape index (κ2) is 15.3. The van der Waals surface area contributed by atoms with Crippen LogP contribution in [0.2, 0.25) is 4.44 Å². The van der Waals surface area contributed by atoms with Gasteiger partial charge in [-0.05, 0) is 0 Å². The van der Waals surface area contributed by atoms with Gasteiger partial charge in [0.05, 0.1) is 0 Å². The van der Waals surface area contributed by atoms with Crippen LogP contribution in [0.5, 0.6) is 0 Å². The number of ether oxygens (including phenoxy) is 1. The van der Waals surface area contributed by atoms with Gasteiger partial charge in [0.2, 0.25) is 0 Å². The molecule has 0 saturated heterocycles. The van der Waals surface area contributed by atoms with Crippen LogP contribution < -0.4 is 0 Å². The Morgan fingerprint density at radius 2 is 1.39 bits per heavy atom. The molecule has 0 fully saturated rings. The van der Waals surface area contributed by atoms with E-state index in [9.17, 15) is 4.79 Å². The van der Waals surface area contributed by atoms with Crippen molar-refractivity contribution in [1.82, 2.24) is 0 Å². The van der Waals surface area contributed by atoms with E-state index in [1.807, 2.05) is 0 Å². The second-order valence-electron chi connectivity index (χ2n) is 4.90. The first kappa shape index (κ1) is 18.3. The molecule has 2 nitrogen and oxygen atoms in total. The van der Waals surface area contributed by atoms with Gasteiger partial charge in [-0.15, -0.1) is 0 Å². The van der Waals surface area contributed by atoms with Crippen molar-refractivity contribution in [2.24, 2.45) is 0 Å². The fourth-order valence-corrected chi connectivity index (χ4v) is 2.53. The molecule has 0 spiro atoms. The summed E-state index contributed by atoms with van der Waals surface area (Å²) in [5, 5.41) is 0. The summed E-state index contributed by atoms with van der Waals surface area (Å²) in [6.07, 6.45) is 13.8. The predicted octanol–water partition coefficient (Wildman–Crippen LogP) is 4.43. The van der Waals surface area contributed by atoms with Gasteiger partial charge in [-0.3, -0.25) is 0 Å². The van der Waals surface area contributed by atoms with E-state index in [0.717, 1.165) is 10.9 Å². The number of unbranched alkanes of at least 4 members (excludes halogenated alkanes) is 9. The molecule has 0 aliphatic rings. The molecule has 0 heterocycles. The number of esters is 1. The SMILES string of the molecule is CCCCCCCCCCCCOC(=O)C[CH2][Sn+3]. The Kier molecular flexibility index (Phi) is 15.6. The molecule has 0 unspecified atom stereocenters. The van der Waals surface area contributed by atoms with Crippen LogP contribution in [0.4, 0.5) is 0 Å². The summed E-state index contributed by atoms with van der Waals surface area (Å²) in [7, 11) is 0. The standard InChI is InChI=1S/C15H29O2.Sn/c1-3-5-6-7-8-9-10-11-12-13-14-17-15(16)4-2;/h2-14H2,1H3;/q;+3. The van der Waals surface area contributed by atoms with E-state index in [4.69, 9.17) is 4.74 Å². The van der Waals surface area contributed by atoms with Gasteiger partial charge < -0.3 is 0 Å². The van der Waals surface area contributed by atoms with Crippen LogP contribution in [0, 0.1) is 0 Å². The van der Waals surface area contributed by atoms with Gasteiger partial charge in [-0.1, -0.05) is 26.2 Å². The Balaban J connectivity index is 3.01. The van der Waals surface area contributed by atoms with Crippen LogP contribution in [0.3, 0.4) is 0 Å². The summed E-state index contributed by atoms with van der Waals surface area (Å²) in [5.74, 6) is -0.0114. The summed E-state index contributed by atoms with van der Waals surface area (Å²) in [4.78, 5) is 11.1. The molecule has 3 heteroatoms. The number of carbonyl (C=O) groups excluding carboxylic acids is 1. The third kappa shape index (κ3) is 14.3. The van der Waals surface area contributed by atoms with Crippen LogP contribution in [0.25, 0.3) is 0 Å².